The second-order valence-corrected chi connectivity index (χ2v) is 6.13. The molecular weight excluding hydrogens is 286 g/mol. The van der Waals surface area contributed by atoms with Crippen molar-refractivity contribution < 1.29 is 9.53 Å². The van der Waals surface area contributed by atoms with Crippen LogP contribution in [0.25, 0.3) is 11.1 Å². The predicted octanol–water partition coefficient (Wildman–Crippen LogP) is 4.92. The van der Waals surface area contributed by atoms with E-state index in [0.717, 1.165) is 31.4 Å². The van der Waals surface area contributed by atoms with Gasteiger partial charge in [0, 0.05) is 5.69 Å². The number of rotatable bonds is 2. The first-order valence-electron chi connectivity index (χ1n) is 8.15. The van der Waals surface area contributed by atoms with Crippen LogP contribution in [0.4, 0.5) is 10.5 Å². The number of hydrogen-bond donors (Lipinski definition) is 1. The fourth-order valence-electron chi connectivity index (χ4n) is 3.39. The molecule has 0 aromatic heterocycles. The van der Waals surface area contributed by atoms with Crippen LogP contribution in [0.15, 0.2) is 54.6 Å². The number of nitrogens with one attached hydrogen (secondary N) is 1. The summed E-state index contributed by atoms with van der Waals surface area (Å²) < 4.78 is 5.44. The lowest BCUT2D eigenvalue weighted by Crippen LogP contribution is -2.22. The number of benzene rings is 2. The monoisotopic (exact) mass is 305 g/mol. The molecule has 2 aromatic carbocycles. The van der Waals surface area contributed by atoms with Crippen LogP contribution in [0.1, 0.15) is 30.4 Å². The molecule has 116 valence electrons. The maximum atomic E-state index is 12.0. The van der Waals surface area contributed by atoms with E-state index < -0.39 is 0 Å². The second-order valence-electron chi connectivity index (χ2n) is 6.13. The Kier molecular flexibility index (Phi) is 3.62. The number of fused-ring (bicyclic) bond motifs is 3. The molecule has 1 atom stereocenters. The van der Waals surface area contributed by atoms with Crippen LogP contribution < -0.4 is 5.32 Å². The quantitative estimate of drug-likeness (QED) is 0.683. The molecule has 0 saturated heterocycles. The molecule has 0 radical (unpaired) electrons. The molecule has 0 fully saturated rings. The number of carbonyl (C=O) groups is 1. The summed E-state index contributed by atoms with van der Waals surface area (Å²) in [5.41, 5.74) is 5.94. The third-order valence-corrected chi connectivity index (χ3v) is 4.51. The van der Waals surface area contributed by atoms with Crippen molar-refractivity contribution in [3.63, 3.8) is 0 Å². The second kappa shape index (κ2) is 5.92. The molecule has 0 bridgehead atoms. The van der Waals surface area contributed by atoms with Gasteiger partial charge in [-0.15, -0.1) is 0 Å². The largest absolute Gasteiger partial charge is 0.442 e. The average molecular weight is 305 g/mol. The molecule has 0 spiro atoms. The lowest BCUT2D eigenvalue weighted by molar-refractivity contribution is 0.126. The van der Waals surface area contributed by atoms with Crippen molar-refractivity contribution in [1.29, 1.82) is 0 Å². The van der Waals surface area contributed by atoms with E-state index in [1.54, 1.807) is 0 Å². The molecule has 2 aliphatic rings. The summed E-state index contributed by atoms with van der Waals surface area (Å²) in [6, 6.07) is 14.5. The fraction of sp³-hybridized carbons (Fsp3) is 0.250. The van der Waals surface area contributed by atoms with Crippen molar-refractivity contribution in [3.8, 4) is 11.1 Å². The fourth-order valence-corrected chi connectivity index (χ4v) is 3.39. The molecule has 0 aliphatic heterocycles. The van der Waals surface area contributed by atoms with Crippen LogP contribution in [0.2, 0.25) is 0 Å². The third-order valence-electron chi connectivity index (χ3n) is 4.51. The first kappa shape index (κ1) is 14.1. The SMILES string of the molecule is O=C(Nc1ccc2c(c1)Cc1ccccc1-2)OC1C=CCCC1. The zero-order valence-electron chi connectivity index (χ0n) is 12.9. The minimum Gasteiger partial charge on any atom is -0.442 e. The summed E-state index contributed by atoms with van der Waals surface area (Å²) in [6.45, 7) is 0. The van der Waals surface area contributed by atoms with Crippen LogP contribution >= 0.6 is 0 Å². The van der Waals surface area contributed by atoms with Crippen molar-refractivity contribution >= 4 is 11.8 Å². The Morgan fingerprint density at radius 3 is 2.83 bits per heavy atom. The molecule has 0 heterocycles. The zero-order chi connectivity index (χ0) is 15.6. The van der Waals surface area contributed by atoms with Crippen LogP contribution in [0.3, 0.4) is 0 Å². The van der Waals surface area contributed by atoms with E-state index in [1.807, 2.05) is 18.2 Å². The highest BCUT2D eigenvalue weighted by Gasteiger charge is 2.19. The summed E-state index contributed by atoms with van der Waals surface area (Å²) in [7, 11) is 0. The minimum absolute atomic E-state index is 0.0950. The molecular formula is C20H19NO2. The number of ether oxygens (including phenoxy) is 1. The zero-order valence-corrected chi connectivity index (χ0v) is 12.9. The van der Waals surface area contributed by atoms with E-state index in [-0.39, 0.29) is 12.2 Å². The van der Waals surface area contributed by atoms with E-state index in [4.69, 9.17) is 4.74 Å². The number of hydrogen-bond acceptors (Lipinski definition) is 2. The van der Waals surface area contributed by atoms with E-state index in [2.05, 4.69) is 41.7 Å². The summed E-state index contributed by atoms with van der Waals surface area (Å²) >= 11 is 0. The highest BCUT2D eigenvalue weighted by molar-refractivity contribution is 5.87. The Labute approximate surface area is 136 Å². The van der Waals surface area contributed by atoms with Crippen molar-refractivity contribution in [2.75, 3.05) is 5.32 Å². The Balaban J connectivity index is 1.47. The van der Waals surface area contributed by atoms with Crippen LogP contribution in [0.5, 0.6) is 0 Å². The molecule has 4 rings (SSSR count). The van der Waals surface area contributed by atoms with Gasteiger partial charge >= 0.3 is 6.09 Å². The van der Waals surface area contributed by atoms with Gasteiger partial charge in [0.15, 0.2) is 0 Å². The molecule has 2 aliphatic carbocycles. The van der Waals surface area contributed by atoms with Crippen molar-refractivity contribution in [1.82, 2.24) is 0 Å². The molecule has 1 unspecified atom stereocenters. The van der Waals surface area contributed by atoms with Gasteiger partial charge < -0.3 is 4.74 Å². The first-order chi connectivity index (χ1) is 11.3. The van der Waals surface area contributed by atoms with Crippen molar-refractivity contribution in [2.24, 2.45) is 0 Å². The van der Waals surface area contributed by atoms with Gasteiger partial charge in [-0.1, -0.05) is 36.4 Å². The normalized spacial score (nSPS) is 18.2. The lowest BCUT2D eigenvalue weighted by Gasteiger charge is -2.17. The van der Waals surface area contributed by atoms with Crippen molar-refractivity contribution in [2.45, 2.75) is 31.8 Å². The number of allylic oxidation sites excluding steroid dienone is 1. The summed E-state index contributed by atoms with van der Waals surface area (Å²) in [6.07, 6.45) is 7.55. The number of anilines is 1. The molecule has 23 heavy (non-hydrogen) atoms. The topological polar surface area (TPSA) is 38.3 Å². The van der Waals surface area contributed by atoms with E-state index in [0.29, 0.717) is 0 Å². The van der Waals surface area contributed by atoms with E-state index >= 15 is 0 Å². The summed E-state index contributed by atoms with van der Waals surface area (Å²) in [5, 5.41) is 2.85. The van der Waals surface area contributed by atoms with Gasteiger partial charge in [0.25, 0.3) is 0 Å². The minimum atomic E-state index is -0.378. The Bertz CT molecular complexity index is 779. The Hall–Kier alpha value is -2.55. The van der Waals surface area contributed by atoms with Crippen LogP contribution in [-0.2, 0) is 11.2 Å². The van der Waals surface area contributed by atoms with Gasteiger partial charge in [0.2, 0.25) is 0 Å². The maximum Gasteiger partial charge on any atom is 0.412 e. The van der Waals surface area contributed by atoms with Crippen LogP contribution in [0, 0.1) is 0 Å². The average Bonchev–Trinajstić information content (AvgIpc) is 2.93. The molecule has 1 N–H and O–H groups in total. The number of carbonyl (C=O) groups excluding carboxylic acids is 1. The van der Waals surface area contributed by atoms with Crippen molar-refractivity contribution in [3.05, 3.63) is 65.7 Å². The third kappa shape index (κ3) is 2.87. The maximum absolute atomic E-state index is 12.0. The Morgan fingerprint density at radius 2 is 1.96 bits per heavy atom. The van der Waals surface area contributed by atoms with E-state index in [9.17, 15) is 4.79 Å². The Morgan fingerprint density at radius 1 is 1.09 bits per heavy atom. The van der Waals surface area contributed by atoms with E-state index in [1.165, 1.54) is 22.3 Å². The van der Waals surface area contributed by atoms with Crippen LogP contribution in [-0.4, -0.2) is 12.2 Å². The predicted molar refractivity (Wildman–Crippen MR) is 91.6 cm³/mol. The van der Waals surface area contributed by atoms with Gasteiger partial charge in [-0.2, -0.15) is 0 Å². The standard InChI is InChI=1S/C20H19NO2/c22-20(23-17-7-2-1-3-8-17)21-16-10-11-19-15(13-16)12-14-6-4-5-9-18(14)19/h2,4-7,9-11,13,17H,1,3,8,12H2,(H,21,22). The highest BCUT2D eigenvalue weighted by atomic mass is 16.6. The van der Waals surface area contributed by atoms with Gasteiger partial charge in [-0.05, 0) is 66.1 Å². The lowest BCUT2D eigenvalue weighted by atomic mass is 10.1. The first-order valence-corrected chi connectivity index (χ1v) is 8.15. The van der Waals surface area contributed by atoms with Gasteiger partial charge in [0.05, 0.1) is 0 Å². The smallest absolute Gasteiger partial charge is 0.412 e. The molecule has 1 amide bonds. The number of amides is 1. The summed E-state index contributed by atoms with van der Waals surface area (Å²) in [5.74, 6) is 0. The van der Waals surface area contributed by atoms with Gasteiger partial charge in [-0.3, -0.25) is 5.32 Å². The molecule has 3 heteroatoms. The highest BCUT2D eigenvalue weighted by Crippen LogP contribution is 2.37. The van der Waals surface area contributed by atoms with Gasteiger partial charge in [0.1, 0.15) is 6.10 Å². The van der Waals surface area contributed by atoms with Gasteiger partial charge in [-0.25, -0.2) is 4.79 Å². The summed E-state index contributed by atoms with van der Waals surface area (Å²) in [4.78, 5) is 12.0. The molecule has 0 saturated carbocycles. The molecule has 3 nitrogen and oxygen atoms in total. The molecule has 2 aromatic rings.